The molecule has 0 amide bonds. The topological polar surface area (TPSA) is 42.9 Å². The van der Waals surface area contributed by atoms with Gasteiger partial charge in [0.1, 0.15) is 6.33 Å². The van der Waals surface area contributed by atoms with Crippen LogP contribution in [0.2, 0.25) is 0 Å². The molecule has 152 valence electrons. The number of benzene rings is 1. The number of thiophene rings is 1. The molecule has 5 rings (SSSR count). The second-order valence-electron chi connectivity index (χ2n) is 8.56. The molecule has 0 radical (unpaired) electrons. The predicted molar refractivity (Wildman–Crippen MR) is 123 cm³/mol. The lowest BCUT2D eigenvalue weighted by Crippen LogP contribution is -2.05. The highest BCUT2D eigenvalue weighted by Gasteiger charge is 2.21. The van der Waals surface area contributed by atoms with Crippen LogP contribution in [-0.4, -0.2) is 15.8 Å². The number of rotatable bonds is 5. The predicted octanol–water partition coefficient (Wildman–Crippen LogP) is 6.34. The molecule has 0 aliphatic heterocycles. The Balaban J connectivity index is 1.35. The maximum Gasteiger partial charge on any atom is 0.173 e. The first-order chi connectivity index (χ1) is 14.6. The molecule has 0 N–H and O–H groups in total. The van der Waals surface area contributed by atoms with E-state index in [4.69, 9.17) is 0 Å². The molecular weight excluding hydrogens is 388 g/mol. The fourth-order valence-corrected chi connectivity index (χ4v) is 6.00. The van der Waals surface area contributed by atoms with Crippen molar-refractivity contribution in [3.8, 4) is 11.3 Å². The summed E-state index contributed by atoms with van der Waals surface area (Å²) in [6.07, 6.45) is 12.1. The molecular formula is C26H26N2OS. The van der Waals surface area contributed by atoms with Gasteiger partial charge in [0.2, 0.25) is 0 Å². The van der Waals surface area contributed by atoms with Gasteiger partial charge in [0, 0.05) is 22.4 Å². The van der Waals surface area contributed by atoms with Crippen molar-refractivity contribution >= 4 is 23.2 Å². The number of carbonyl (C=O) groups is 1. The Morgan fingerprint density at radius 3 is 2.87 bits per heavy atom. The Morgan fingerprint density at radius 1 is 1.17 bits per heavy atom. The van der Waals surface area contributed by atoms with Gasteiger partial charge in [-0.1, -0.05) is 25.1 Å². The number of carbonyl (C=O) groups excluding carboxylic acids is 1. The summed E-state index contributed by atoms with van der Waals surface area (Å²) in [5.41, 5.74) is 8.26. The molecule has 2 aliphatic rings. The van der Waals surface area contributed by atoms with Crippen LogP contribution in [0.15, 0.2) is 36.7 Å². The fourth-order valence-electron chi connectivity index (χ4n) is 4.80. The fraction of sp³-hybridized carbons (Fsp3) is 0.346. The number of fused-ring (bicyclic) bond motifs is 2. The molecule has 0 bridgehead atoms. The summed E-state index contributed by atoms with van der Waals surface area (Å²) < 4.78 is 0. The van der Waals surface area contributed by atoms with Crippen molar-refractivity contribution in [2.75, 3.05) is 0 Å². The van der Waals surface area contributed by atoms with E-state index < -0.39 is 0 Å². The van der Waals surface area contributed by atoms with Crippen LogP contribution in [0.1, 0.15) is 74.6 Å². The largest absolute Gasteiger partial charge is 0.293 e. The smallest absolute Gasteiger partial charge is 0.173 e. The van der Waals surface area contributed by atoms with Crippen LogP contribution in [0.25, 0.3) is 17.3 Å². The van der Waals surface area contributed by atoms with Crippen LogP contribution in [0, 0.1) is 6.92 Å². The van der Waals surface area contributed by atoms with Crippen LogP contribution in [0.3, 0.4) is 0 Å². The minimum atomic E-state index is 0.198. The van der Waals surface area contributed by atoms with Crippen molar-refractivity contribution in [3.63, 3.8) is 0 Å². The maximum absolute atomic E-state index is 13.0. The van der Waals surface area contributed by atoms with Gasteiger partial charge in [-0.25, -0.2) is 9.97 Å². The number of hydrogen-bond donors (Lipinski definition) is 0. The Morgan fingerprint density at radius 2 is 2.03 bits per heavy atom. The van der Waals surface area contributed by atoms with Gasteiger partial charge in [-0.3, -0.25) is 4.79 Å². The minimum Gasteiger partial charge on any atom is -0.293 e. The zero-order chi connectivity index (χ0) is 20.7. The number of ketones is 1. The standard InChI is InChI=1S/C26H26N2OS/c1-16-12-19(26-21-7-5-8-22(21)27-15-28-26)10-11-20(16)17(2)13-23(29)25-14-18-6-3-4-9-24(18)30-25/h5,8,10-12,14-15,17H,3-4,6-7,9,13H2,1-2H3. The Kier molecular flexibility index (Phi) is 5.11. The summed E-state index contributed by atoms with van der Waals surface area (Å²) in [6, 6.07) is 8.70. The number of nitrogens with zero attached hydrogens (tertiary/aromatic N) is 2. The van der Waals surface area contributed by atoms with E-state index in [1.165, 1.54) is 40.0 Å². The summed E-state index contributed by atoms with van der Waals surface area (Å²) in [5.74, 6) is 0.480. The van der Waals surface area contributed by atoms with Gasteiger partial charge in [-0.15, -0.1) is 11.3 Å². The van der Waals surface area contributed by atoms with E-state index in [1.807, 2.05) is 0 Å². The Labute approximate surface area is 181 Å². The first kappa shape index (κ1) is 19.4. The SMILES string of the molecule is Cc1cc(-c2ncnc3c2CC=C3)ccc1C(C)CC(=O)c1cc2c(s1)CCCC2. The van der Waals surface area contributed by atoms with E-state index in [-0.39, 0.29) is 11.7 Å². The van der Waals surface area contributed by atoms with Crippen LogP contribution in [0.5, 0.6) is 0 Å². The summed E-state index contributed by atoms with van der Waals surface area (Å²) in [7, 11) is 0. The maximum atomic E-state index is 13.0. The van der Waals surface area contributed by atoms with E-state index in [0.29, 0.717) is 6.42 Å². The van der Waals surface area contributed by atoms with E-state index >= 15 is 0 Å². The lowest BCUT2D eigenvalue weighted by Gasteiger charge is -2.16. The van der Waals surface area contributed by atoms with Gasteiger partial charge in [0.15, 0.2) is 5.78 Å². The first-order valence-electron chi connectivity index (χ1n) is 10.9. The van der Waals surface area contributed by atoms with Gasteiger partial charge in [-0.05, 0) is 79.8 Å². The molecule has 3 nitrogen and oxygen atoms in total. The summed E-state index contributed by atoms with van der Waals surface area (Å²) in [5, 5.41) is 0. The highest BCUT2D eigenvalue weighted by atomic mass is 32.1. The van der Waals surface area contributed by atoms with Crippen molar-refractivity contribution in [2.45, 2.75) is 58.3 Å². The van der Waals surface area contributed by atoms with Crippen LogP contribution in [-0.2, 0) is 19.3 Å². The molecule has 1 unspecified atom stereocenters. The van der Waals surface area contributed by atoms with Gasteiger partial charge in [-0.2, -0.15) is 0 Å². The third-order valence-corrected chi connectivity index (χ3v) is 7.69. The van der Waals surface area contributed by atoms with Crippen molar-refractivity contribution in [3.05, 3.63) is 74.4 Å². The monoisotopic (exact) mass is 414 g/mol. The van der Waals surface area contributed by atoms with Crippen LogP contribution < -0.4 is 0 Å². The number of hydrogen-bond acceptors (Lipinski definition) is 4. The van der Waals surface area contributed by atoms with E-state index in [9.17, 15) is 4.79 Å². The third-order valence-electron chi connectivity index (χ3n) is 6.41. The number of aromatic nitrogens is 2. The average Bonchev–Trinajstić information content (AvgIpc) is 3.40. The van der Waals surface area contributed by atoms with Crippen molar-refractivity contribution in [2.24, 2.45) is 0 Å². The molecule has 0 spiro atoms. The van der Waals surface area contributed by atoms with Crippen LogP contribution in [0.4, 0.5) is 0 Å². The highest BCUT2D eigenvalue weighted by Crippen LogP contribution is 2.34. The lowest BCUT2D eigenvalue weighted by molar-refractivity contribution is 0.0979. The van der Waals surface area contributed by atoms with Crippen molar-refractivity contribution in [1.82, 2.24) is 9.97 Å². The van der Waals surface area contributed by atoms with E-state index in [0.717, 1.165) is 41.1 Å². The second kappa shape index (κ2) is 7.92. The molecule has 4 heteroatoms. The van der Waals surface area contributed by atoms with Gasteiger partial charge < -0.3 is 0 Å². The molecule has 0 saturated carbocycles. The number of allylic oxidation sites excluding steroid dienone is 1. The minimum absolute atomic E-state index is 0.198. The summed E-state index contributed by atoms with van der Waals surface area (Å²) in [4.78, 5) is 24.3. The van der Waals surface area contributed by atoms with E-state index in [2.05, 4.69) is 60.2 Å². The molecule has 2 aromatic heterocycles. The quantitative estimate of drug-likeness (QED) is 0.458. The first-order valence-corrected chi connectivity index (χ1v) is 11.7. The third kappa shape index (κ3) is 3.54. The van der Waals surface area contributed by atoms with Crippen molar-refractivity contribution < 1.29 is 4.79 Å². The Bertz CT molecular complexity index is 1130. The van der Waals surface area contributed by atoms with Crippen LogP contribution >= 0.6 is 11.3 Å². The number of aryl methyl sites for hydroxylation is 3. The van der Waals surface area contributed by atoms with Gasteiger partial charge in [0.05, 0.1) is 16.3 Å². The average molecular weight is 415 g/mol. The normalized spacial score (nSPS) is 15.7. The zero-order valence-corrected chi connectivity index (χ0v) is 18.4. The lowest BCUT2D eigenvalue weighted by atomic mass is 9.89. The summed E-state index contributed by atoms with van der Waals surface area (Å²) >= 11 is 1.73. The molecule has 3 aromatic rings. The van der Waals surface area contributed by atoms with Gasteiger partial charge >= 0.3 is 0 Å². The molecule has 0 fully saturated rings. The molecule has 2 aliphatic carbocycles. The summed E-state index contributed by atoms with van der Waals surface area (Å²) in [6.45, 7) is 4.31. The van der Waals surface area contributed by atoms with E-state index in [1.54, 1.807) is 17.7 Å². The molecule has 30 heavy (non-hydrogen) atoms. The molecule has 1 atom stereocenters. The van der Waals surface area contributed by atoms with Crippen molar-refractivity contribution in [1.29, 1.82) is 0 Å². The molecule has 0 saturated heterocycles. The zero-order valence-electron chi connectivity index (χ0n) is 17.6. The Hall–Kier alpha value is -2.59. The van der Waals surface area contributed by atoms with Gasteiger partial charge in [0.25, 0.3) is 0 Å². The highest BCUT2D eigenvalue weighted by molar-refractivity contribution is 7.14. The molecule has 2 heterocycles. The second-order valence-corrected chi connectivity index (χ2v) is 9.70. The number of Topliss-reactive ketones (excluding diaryl/α,β-unsaturated/α-hetero) is 1. The molecule has 1 aromatic carbocycles.